The summed E-state index contributed by atoms with van der Waals surface area (Å²) in [6.07, 6.45) is 1.09. The van der Waals surface area contributed by atoms with Crippen LogP contribution in [0.15, 0.2) is 12.1 Å². The molecule has 1 fully saturated rings. The maximum absolute atomic E-state index is 5.40. The molecule has 4 nitrogen and oxygen atoms in total. The van der Waals surface area contributed by atoms with E-state index in [9.17, 15) is 0 Å². The van der Waals surface area contributed by atoms with Gasteiger partial charge in [0.15, 0.2) is 0 Å². The number of nitrogens with one attached hydrogen (secondary N) is 1. The SMILES string of the molecule is C[C@H]1CNCCc2ccc(N3CCOCC3)nc21. The first-order valence-electron chi connectivity index (χ1n) is 6.88. The molecule has 1 N–H and O–H groups in total. The van der Waals surface area contributed by atoms with Gasteiger partial charge in [-0.2, -0.15) is 0 Å². The summed E-state index contributed by atoms with van der Waals surface area (Å²) in [5.74, 6) is 1.62. The van der Waals surface area contributed by atoms with E-state index >= 15 is 0 Å². The maximum Gasteiger partial charge on any atom is 0.128 e. The second kappa shape index (κ2) is 5.24. The van der Waals surface area contributed by atoms with Crippen molar-refractivity contribution < 1.29 is 4.74 Å². The van der Waals surface area contributed by atoms with Crippen molar-refractivity contribution in [1.29, 1.82) is 0 Å². The third-order valence-corrected chi connectivity index (χ3v) is 3.82. The molecule has 0 aliphatic carbocycles. The largest absolute Gasteiger partial charge is 0.378 e. The summed E-state index contributed by atoms with van der Waals surface area (Å²) in [6, 6.07) is 4.43. The van der Waals surface area contributed by atoms with Gasteiger partial charge in [-0.1, -0.05) is 13.0 Å². The van der Waals surface area contributed by atoms with Crippen LogP contribution in [0.3, 0.4) is 0 Å². The number of hydrogen-bond donors (Lipinski definition) is 1. The quantitative estimate of drug-likeness (QED) is 0.808. The topological polar surface area (TPSA) is 37.4 Å². The zero-order valence-corrected chi connectivity index (χ0v) is 11.0. The molecule has 0 spiro atoms. The average Bonchev–Trinajstić information content (AvgIpc) is 2.62. The molecule has 3 rings (SSSR count). The highest BCUT2D eigenvalue weighted by Gasteiger charge is 2.19. The van der Waals surface area contributed by atoms with Crippen molar-refractivity contribution in [3.05, 3.63) is 23.4 Å². The summed E-state index contributed by atoms with van der Waals surface area (Å²) >= 11 is 0. The number of ether oxygens (including phenoxy) is 1. The molecular weight excluding hydrogens is 226 g/mol. The standard InChI is InChI=1S/C14H21N3O/c1-11-10-15-5-4-12-2-3-13(16-14(11)12)17-6-8-18-9-7-17/h2-3,11,15H,4-10H2,1H3/t11-/m0/s1. The predicted molar refractivity (Wildman–Crippen MR) is 72.3 cm³/mol. The van der Waals surface area contributed by atoms with Crippen LogP contribution >= 0.6 is 0 Å². The van der Waals surface area contributed by atoms with Crippen molar-refractivity contribution in [2.24, 2.45) is 0 Å². The molecule has 0 radical (unpaired) electrons. The molecule has 4 heteroatoms. The maximum atomic E-state index is 5.40. The van der Waals surface area contributed by atoms with Gasteiger partial charge in [0.2, 0.25) is 0 Å². The molecule has 0 bridgehead atoms. The Bertz CT molecular complexity index is 416. The molecule has 1 atom stereocenters. The zero-order chi connectivity index (χ0) is 12.4. The fourth-order valence-electron chi connectivity index (χ4n) is 2.74. The number of aromatic nitrogens is 1. The van der Waals surface area contributed by atoms with Gasteiger partial charge in [0.1, 0.15) is 5.82 Å². The third-order valence-electron chi connectivity index (χ3n) is 3.82. The van der Waals surface area contributed by atoms with Crippen LogP contribution in [0.2, 0.25) is 0 Å². The minimum atomic E-state index is 0.503. The molecule has 0 saturated carbocycles. The molecule has 98 valence electrons. The van der Waals surface area contributed by atoms with Crippen molar-refractivity contribution in [1.82, 2.24) is 10.3 Å². The number of morpholine rings is 1. The van der Waals surface area contributed by atoms with E-state index in [-0.39, 0.29) is 0 Å². The average molecular weight is 247 g/mol. The zero-order valence-electron chi connectivity index (χ0n) is 11.0. The van der Waals surface area contributed by atoms with Crippen LogP contribution < -0.4 is 10.2 Å². The Morgan fingerprint density at radius 2 is 2.17 bits per heavy atom. The van der Waals surface area contributed by atoms with Gasteiger partial charge in [0.05, 0.1) is 18.9 Å². The van der Waals surface area contributed by atoms with Crippen LogP contribution in [0.25, 0.3) is 0 Å². The molecule has 2 aliphatic rings. The number of anilines is 1. The highest BCUT2D eigenvalue weighted by molar-refractivity contribution is 5.43. The lowest BCUT2D eigenvalue weighted by Crippen LogP contribution is -2.37. The van der Waals surface area contributed by atoms with Crippen molar-refractivity contribution >= 4 is 5.82 Å². The number of fused-ring (bicyclic) bond motifs is 1. The van der Waals surface area contributed by atoms with E-state index in [1.807, 2.05) is 0 Å². The monoisotopic (exact) mass is 247 g/mol. The molecule has 2 aliphatic heterocycles. The van der Waals surface area contributed by atoms with E-state index in [2.05, 4.69) is 29.3 Å². The molecule has 0 amide bonds. The summed E-state index contributed by atoms with van der Waals surface area (Å²) in [4.78, 5) is 7.24. The number of rotatable bonds is 1. The third kappa shape index (κ3) is 2.35. The van der Waals surface area contributed by atoms with Crippen LogP contribution in [-0.2, 0) is 11.2 Å². The Balaban J connectivity index is 1.88. The Morgan fingerprint density at radius 1 is 1.33 bits per heavy atom. The Hall–Kier alpha value is -1.13. The van der Waals surface area contributed by atoms with Gasteiger partial charge in [-0.25, -0.2) is 4.98 Å². The van der Waals surface area contributed by atoms with Gasteiger partial charge in [0.25, 0.3) is 0 Å². The first-order valence-corrected chi connectivity index (χ1v) is 6.88. The Morgan fingerprint density at radius 3 is 3.00 bits per heavy atom. The van der Waals surface area contributed by atoms with Gasteiger partial charge < -0.3 is 15.0 Å². The molecule has 0 unspecified atom stereocenters. The molecular formula is C14H21N3O. The summed E-state index contributed by atoms with van der Waals surface area (Å²) in [5.41, 5.74) is 2.69. The smallest absolute Gasteiger partial charge is 0.128 e. The fourth-order valence-corrected chi connectivity index (χ4v) is 2.74. The lowest BCUT2D eigenvalue weighted by molar-refractivity contribution is 0.122. The van der Waals surface area contributed by atoms with Crippen LogP contribution in [0.5, 0.6) is 0 Å². The van der Waals surface area contributed by atoms with Gasteiger partial charge in [0, 0.05) is 25.6 Å². The molecule has 1 aromatic heterocycles. The summed E-state index contributed by atoms with van der Waals surface area (Å²) in [6.45, 7) is 7.90. The van der Waals surface area contributed by atoms with Crippen molar-refractivity contribution in [2.75, 3.05) is 44.3 Å². The van der Waals surface area contributed by atoms with Gasteiger partial charge >= 0.3 is 0 Å². The normalized spacial score (nSPS) is 24.5. The molecule has 0 aromatic carbocycles. The van der Waals surface area contributed by atoms with Crippen LogP contribution in [0.4, 0.5) is 5.82 Å². The highest BCUT2D eigenvalue weighted by Crippen LogP contribution is 2.24. The van der Waals surface area contributed by atoms with Crippen molar-refractivity contribution in [3.8, 4) is 0 Å². The number of nitrogens with zero attached hydrogens (tertiary/aromatic N) is 2. The van der Waals surface area contributed by atoms with Gasteiger partial charge in [-0.15, -0.1) is 0 Å². The summed E-state index contributed by atoms with van der Waals surface area (Å²) in [5, 5.41) is 3.47. The van der Waals surface area contributed by atoms with Gasteiger partial charge in [-0.3, -0.25) is 0 Å². The highest BCUT2D eigenvalue weighted by atomic mass is 16.5. The first-order chi connectivity index (χ1) is 8.84. The fraction of sp³-hybridized carbons (Fsp3) is 0.643. The van der Waals surface area contributed by atoms with Crippen LogP contribution in [-0.4, -0.2) is 44.4 Å². The number of pyridine rings is 1. The second-order valence-electron chi connectivity index (χ2n) is 5.17. The summed E-state index contributed by atoms with van der Waals surface area (Å²) in [7, 11) is 0. The second-order valence-corrected chi connectivity index (χ2v) is 5.17. The first kappa shape index (κ1) is 11.9. The lowest BCUT2D eigenvalue weighted by atomic mass is 10.0. The van der Waals surface area contributed by atoms with Gasteiger partial charge in [-0.05, 0) is 24.6 Å². The Kier molecular flexibility index (Phi) is 3.48. The molecule has 18 heavy (non-hydrogen) atoms. The summed E-state index contributed by atoms with van der Waals surface area (Å²) < 4.78 is 5.40. The lowest BCUT2D eigenvalue weighted by Gasteiger charge is -2.28. The van der Waals surface area contributed by atoms with E-state index in [0.29, 0.717) is 5.92 Å². The van der Waals surface area contributed by atoms with Crippen LogP contribution in [0.1, 0.15) is 24.1 Å². The van der Waals surface area contributed by atoms with E-state index in [4.69, 9.17) is 9.72 Å². The molecule has 1 aromatic rings. The Labute approximate surface area is 108 Å². The van der Waals surface area contributed by atoms with Crippen molar-refractivity contribution in [3.63, 3.8) is 0 Å². The van der Waals surface area contributed by atoms with Crippen molar-refractivity contribution in [2.45, 2.75) is 19.3 Å². The van der Waals surface area contributed by atoms with E-state index < -0.39 is 0 Å². The van der Waals surface area contributed by atoms with Crippen LogP contribution in [0, 0.1) is 0 Å². The minimum Gasteiger partial charge on any atom is -0.378 e. The number of hydrogen-bond acceptors (Lipinski definition) is 4. The van der Waals surface area contributed by atoms with E-state index in [0.717, 1.165) is 51.6 Å². The molecule has 3 heterocycles. The van der Waals surface area contributed by atoms with E-state index in [1.165, 1.54) is 11.3 Å². The molecule has 1 saturated heterocycles. The minimum absolute atomic E-state index is 0.503. The predicted octanol–water partition coefficient (Wildman–Crippen LogP) is 1.17. The van der Waals surface area contributed by atoms with E-state index in [1.54, 1.807) is 0 Å².